The first kappa shape index (κ1) is 16.1. The van der Waals surface area contributed by atoms with E-state index in [2.05, 4.69) is 27.9 Å². The van der Waals surface area contributed by atoms with E-state index in [9.17, 15) is 9.90 Å². The molecule has 0 bridgehead atoms. The number of halogens is 2. The number of phenols is 1. The fourth-order valence-corrected chi connectivity index (χ4v) is 2.80. The monoisotopic (exact) mass is 416 g/mol. The van der Waals surface area contributed by atoms with Crippen LogP contribution in [0.2, 0.25) is 5.02 Å². The first-order valence-electron chi connectivity index (χ1n) is 6.25. The Labute approximate surface area is 141 Å². The van der Waals surface area contributed by atoms with Crippen LogP contribution in [0, 0.1) is 3.57 Å². The SMILES string of the molecule is NC(Cc1ccc(O)cc1)C(=O)Nc1ccc(Cl)cc1I. The largest absolute Gasteiger partial charge is 0.508 e. The molecule has 4 N–H and O–H groups in total. The van der Waals surface area contributed by atoms with Crippen molar-refractivity contribution in [1.29, 1.82) is 0 Å². The summed E-state index contributed by atoms with van der Waals surface area (Å²) in [6.07, 6.45) is 0.399. The second kappa shape index (κ2) is 7.11. The van der Waals surface area contributed by atoms with Gasteiger partial charge in [-0.3, -0.25) is 4.79 Å². The minimum absolute atomic E-state index is 0.187. The van der Waals surface area contributed by atoms with Crippen molar-refractivity contribution in [2.24, 2.45) is 5.73 Å². The number of hydrogen-bond donors (Lipinski definition) is 3. The fourth-order valence-electron chi connectivity index (χ4n) is 1.79. The summed E-state index contributed by atoms with van der Waals surface area (Å²) in [4.78, 5) is 12.1. The van der Waals surface area contributed by atoms with Crippen molar-refractivity contribution in [1.82, 2.24) is 0 Å². The number of phenolic OH excluding ortho intramolecular Hbond substituents is 1. The Balaban J connectivity index is 2.00. The van der Waals surface area contributed by atoms with Crippen LogP contribution in [0.15, 0.2) is 42.5 Å². The van der Waals surface area contributed by atoms with Gasteiger partial charge in [0, 0.05) is 8.59 Å². The van der Waals surface area contributed by atoms with Gasteiger partial charge < -0.3 is 16.2 Å². The Morgan fingerprint density at radius 1 is 1.29 bits per heavy atom. The molecule has 1 unspecified atom stereocenters. The summed E-state index contributed by atoms with van der Waals surface area (Å²) in [6.45, 7) is 0. The molecule has 2 aromatic carbocycles. The smallest absolute Gasteiger partial charge is 0.241 e. The lowest BCUT2D eigenvalue weighted by molar-refractivity contribution is -0.117. The Hall–Kier alpha value is -1.31. The molecule has 0 aliphatic carbocycles. The maximum Gasteiger partial charge on any atom is 0.241 e. The van der Waals surface area contributed by atoms with E-state index in [1.165, 1.54) is 0 Å². The highest BCUT2D eigenvalue weighted by molar-refractivity contribution is 14.1. The van der Waals surface area contributed by atoms with E-state index in [1.807, 2.05) is 0 Å². The number of carbonyl (C=O) groups is 1. The van der Waals surface area contributed by atoms with Crippen molar-refractivity contribution in [3.63, 3.8) is 0 Å². The molecule has 0 aliphatic heterocycles. The molecule has 1 amide bonds. The lowest BCUT2D eigenvalue weighted by atomic mass is 10.1. The van der Waals surface area contributed by atoms with Crippen LogP contribution in [0.25, 0.3) is 0 Å². The highest BCUT2D eigenvalue weighted by Crippen LogP contribution is 2.22. The maximum absolute atomic E-state index is 12.1. The molecule has 0 aromatic heterocycles. The molecule has 6 heteroatoms. The van der Waals surface area contributed by atoms with E-state index >= 15 is 0 Å². The average molecular weight is 417 g/mol. The Morgan fingerprint density at radius 3 is 2.57 bits per heavy atom. The van der Waals surface area contributed by atoms with Crippen LogP contribution >= 0.6 is 34.2 Å². The molecular weight excluding hydrogens is 403 g/mol. The molecule has 4 nitrogen and oxygen atoms in total. The Morgan fingerprint density at radius 2 is 1.95 bits per heavy atom. The van der Waals surface area contributed by atoms with Gasteiger partial charge >= 0.3 is 0 Å². The predicted octanol–water partition coefficient (Wildman–Crippen LogP) is 3.16. The topological polar surface area (TPSA) is 75.3 Å². The number of nitrogens with two attached hydrogens (primary N) is 1. The van der Waals surface area contributed by atoms with E-state index in [4.69, 9.17) is 17.3 Å². The van der Waals surface area contributed by atoms with Gasteiger partial charge in [0.2, 0.25) is 5.91 Å². The summed E-state index contributed by atoms with van der Waals surface area (Å²) >= 11 is 7.98. The summed E-state index contributed by atoms with van der Waals surface area (Å²) in [5, 5.41) is 12.6. The van der Waals surface area contributed by atoms with E-state index < -0.39 is 6.04 Å². The zero-order chi connectivity index (χ0) is 15.4. The van der Waals surface area contributed by atoms with Gasteiger partial charge in [-0.25, -0.2) is 0 Å². The maximum atomic E-state index is 12.1. The van der Waals surface area contributed by atoms with Crippen LogP contribution in [-0.4, -0.2) is 17.1 Å². The molecule has 2 rings (SSSR count). The van der Waals surface area contributed by atoms with Gasteiger partial charge in [-0.15, -0.1) is 0 Å². The third-order valence-electron chi connectivity index (χ3n) is 2.92. The van der Waals surface area contributed by atoms with Crippen molar-refractivity contribution >= 4 is 45.8 Å². The second-order valence-corrected chi connectivity index (χ2v) is 6.19. The van der Waals surface area contributed by atoms with Gasteiger partial charge in [0.05, 0.1) is 11.7 Å². The molecule has 110 valence electrons. The number of hydrogen-bond acceptors (Lipinski definition) is 3. The number of rotatable bonds is 4. The molecule has 0 spiro atoms. The van der Waals surface area contributed by atoms with Crippen molar-refractivity contribution in [2.45, 2.75) is 12.5 Å². The molecule has 0 heterocycles. The highest BCUT2D eigenvalue weighted by atomic mass is 127. The van der Waals surface area contributed by atoms with Gasteiger partial charge in [-0.2, -0.15) is 0 Å². The molecule has 0 fully saturated rings. The quantitative estimate of drug-likeness (QED) is 0.670. The van der Waals surface area contributed by atoms with Crippen LogP contribution in [0.5, 0.6) is 5.75 Å². The summed E-state index contributed by atoms with van der Waals surface area (Å²) in [5.41, 5.74) is 7.49. The highest BCUT2D eigenvalue weighted by Gasteiger charge is 2.15. The number of carbonyl (C=O) groups excluding carboxylic acids is 1. The number of nitrogens with one attached hydrogen (secondary N) is 1. The molecule has 0 saturated heterocycles. The van der Waals surface area contributed by atoms with Gasteiger partial charge in [0.15, 0.2) is 0 Å². The second-order valence-electron chi connectivity index (χ2n) is 4.59. The molecule has 1 atom stereocenters. The molecule has 21 heavy (non-hydrogen) atoms. The van der Waals surface area contributed by atoms with Gasteiger partial charge in [0.1, 0.15) is 5.75 Å². The third-order valence-corrected chi connectivity index (χ3v) is 4.05. The lowest BCUT2D eigenvalue weighted by Crippen LogP contribution is -2.37. The molecule has 0 saturated carbocycles. The summed E-state index contributed by atoms with van der Waals surface area (Å²) < 4.78 is 0.852. The number of amides is 1. The molecular formula is C15H14ClIN2O2. The molecule has 0 radical (unpaired) electrons. The van der Waals surface area contributed by atoms with E-state index in [0.29, 0.717) is 17.1 Å². The Kier molecular flexibility index (Phi) is 5.44. The average Bonchev–Trinajstić information content (AvgIpc) is 2.44. The predicted molar refractivity (Wildman–Crippen MR) is 92.6 cm³/mol. The number of benzene rings is 2. The summed E-state index contributed by atoms with van der Waals surface area (Å²) in [5.74, 6) is -0.0733. The zero-order valence-corrected chi connectivity index (χ0v) is 13.9. The minimum Gasteiger partial charge on any atom is -0.508 e. The first-order valence-corrected chi connectivity index (χ1v) is 7.71. The van der Waals surface area contributed by atoms with E-state index in [1.54, 1.807) is 42.5 Å². The van der Waals surface area contributed by atoms with Crippen LogP contribution in [-0.2, 0) is 11.2 Å². The zero-order valence-electron chi connectivity index (χ0n) is 11.0. The van der Waals surface area contributed by atoms with Crippen LogP contribution in [0.4, 0.5) is 5.69 Å². The van der Waals surface area contributed by atoms with Crippen LogP contribution < -0.4 is 11.1 Å². The van der Waals surface area contributed by atoms with E-state index in [0.717, 1.165) is 9.13 Å². The normalized spacial score (nSPS) is 12.0. The van der Waals surface area contributed by atoms with Gasteiger partial charge in [-0.1, -0.05) is 23.7 Å². The number of aromatic hydroxyl groups is 1. The number of anilines is 1. The fraction of sp³-hybridized carbons (Fsp3) is 0.133. The van der Waals surface area contributed by atoms with Crippen molar-refractivity contribution in [3.05, 3.63) is 56.6 Å². The Bertz CT molecular complexity index is 647. The van der Waals surface area contributed by atoms with Gasteiger partial charge in [0.25, 0.3) is 0 Å². The van der Waals surface area contributed by atoms with Gasteiger partial charge in [-0.05, 0) is 64.9 Å². The van der Waals surface area contributed by atoms with E-state index in [-0.39, 0.29) is 11.7 Å². The standard InChI is InChI=1S/C15H14ClIN2O2/c16-10-3-6-14(12(17)8-10)19-15(21)13(18)7-9-1-4-11(20)5-2-9/h1-6,8,13,20H,7,18H2,(H,19,21). The minimum atomic E-state index is -0.666. The van der Waals surface area contributed by atoms with Crippen LogP contribution in [0.3, 0.4) is 0 Å². The summed E-state index contributed by atoms with van der Waals surface area (Å²) in [7, 11) is 0. The van der Waals surface area contributed by atoms with Crippen molar-refractivity contribution < 1.29 is 9.90 Å². The lowest BCUT2D eigenvalue weighted by Gasteiger charge is -2.13. The molecule has 0 aliphatic rings. The van der Waals surface area contributed by atoms with Crippen LogP contribution in [0.1, 0.15) is 5.56 Å². The molecule has 2 aromatic rings. The third kappa shape index (κ3) is 4.59. The van der Waals surface area contributed by atoms with Crippen molar-refractivity contribution in [2.75, 3.05) is 5.32 Å². The van der Waals surface area contributed by atoms with Crippen molar-refractivity contribution in [3.8, 4) is 5.75 Å². The summed E-state index contributed by atoms with van der Waals surface area (Å²) in [6, 6.07) is 11.2. The first-order chi connectivity index (χ1) is 9.95.